The van der Waals surface area contributed by atoms with E-state index in [1.54, 1.807) is 6.08 Å². The monoisotopic (exact) mass is 222 g/mol. The van der Waals surface area contributed by atoms with Crippen molar-refractivity contribution in [2.45, 2.75) is 33.1 Å². The molecule has 0 aliphatic rings. The quantitative estimate of drug-likeness (QED) is 0.452. The van der Waals surface area contributed by atoms with Crippen LogP contribution in [0.4, 0.5) is 0 Å². The van der Waals surface area contributed by atoms with Gasteiger partial charge in [0.2, 0.25) is 0 Å². The van der Waals surface area contributed by atoms with Crippen LogP contribution < -0.4 is 0 Å². The summed E-state index contributed by atoms with van der Waals surface area (Å²) in [5.74, 6) is -0.0964. The molecule has 0 bridgehead atoms. The van der Waals surface area contributed by atoms with Crippen LogP contribution in [0.25, 0.3) is 0 Å². The molecule has 0 amide bonds. The Kier molecular flexibility index (Phi) is 20.3. The first-order valence-corrected chi connectivity index (χ1v) is 6.11. The van der Waals surface area contributed by atoms with E-state index in [0.717, 1.165) is 12.8 Å². The van der Waals surface area contributed by atoms with Crippen LogP contribution in [0.5, 0.6) is 0 Å². The SMILES string of the molecule is C=C.C=CC.CCCCCS(=O)(=O)O. The first-order chi connectivity index (χ1) is 6.47. The molecule has 0 heterocycles. The summed E-state index contributed by atoms with van der Waals surface area (Å²) < 4.78 is 28.3. The molecule has 1 N–H and O–H groups in total. The molecule has 4 heteroatoms. The molecule has 0 atom stereocenters. The third-order valence-corrected chi connectivity index (χ3v) is 1.81. The zero-order chi connectivity index (χ0) is 12.0. The van der Waals surface area contributed by atoms with Crippen molar-refractivity contribution >= 4 is 10.1 Å². The first kappa shape index (κ1) is 19.0. The molecule has 14 heavy (non-hydrogen) atoms. The molecule has 0 radical (unpaired) electrons. The van der Waals surface area contributed by atoms with Gasteiger partial charge in [0, 0.05) is 0 Å². The molecule has 0 saturated heterocycles. The number of hydrogen-bond acceptors (Lipinski definition) is 2. The fraction of sp³-hybridized carbons (Fsp3) is 0.600. The molecule has 0 fully saturated rings. The van der Waals surface area contributed by atoms with Crippen LogP contribution in [-0.2, 0) is 10.1 Å². The van der Waals surface area contributed by atoms with Crippen molar-refractivity contribution in [3.63, 3.8) is 0 Å². The molecule has 0 aliphatic carbocycles. The summed E-state index contributed by atoms with van der Waals surface area (Å²) in [5, 5.41) is 0. The highest BCUT2D eigenvalue weighted by Gasteiger charge is 2.01. The van der Waals surface area contributed by atoms with E-state index < -0.39 is 10.1 Å². The fourth-order valence-corrected chi connectivity index (χ4v) is 1.10. The molecule has 86 valence electrons. The molecule has 0 spiro atoms. The maximum absolute atomic E-state index is 10.1. The largest absolute Gasteiger partial charge is 0.286 e. The van der Waals surface area contributed by atoms with E-state index in [4.69, 9.17) is 4.55 Å². The Balaban J connectivity index is -0.000000205. The van der Waals surface area contributed by atoms with Gasteiger partial charge in [0.05, 0.1) is 5.75 Å². The van der Waals surface area contributed by atoms with Crippen LogP contribution >= 0.6 is 0 Å². The third-order valence-electron chi connectivity index (χ3n) is 1.01. The summed E-state index contributed by atoms with van der Waals surface area (Å²) in [6, 6.07) is 0. The normalized spacial score (nSPS) is 8.79. The van der Waals surface area contributed by atoms with Crippen molar-refractivity contribution in [2.24, 2.45) is 0 Å². The van der Waals surface area contributed by atoms with E-state index in [2.05, 4.69) is 19.7 Å². The molecule has 3 nitrogen and oxygen atoms in total. The van der Waals surface area contributed by atoms with Crippen LogP contribution in [0.1, 0.15) is 33.1 Å². The van der Waals surface area contributed by atoms with Gasteiger partial charge in [-0.05, 0) is 13.3 Å². The summed E-state index contributed by atoms with van der Waals surface area (Å²) in [6.45, 7) is 13.2. The molecule has 0 aromatic carbocycles. The van der Waals surface area contributed by atoms with E-state index >= 15 is 0 Å². The highest BCUT2D eigenvalue weighted by molar-refractivity contribution is 7.85. The highest BCUT2D eigenvalue weighted by Crippen LogP contribution is 1.96. The maximum atomic E-state index is 10.1. The summed E-state index contributed by atoms with van der Waals surface area (Å²) in [4.78, 5) is 0. The van der Waals surface area contributed by atoms with Gasteiger partial charge in [0.1, 0.15) is 0 Å². The van der Waals surface area contributed by atoms with Gasteiger partial charge in [0.15, 0.2) is 0 Å². The van der Waals surface area contributed by atoms with Crippen LogP contribution in [0.15, 0.2) is 25.8 Å². The molecular weight excluding hydrogens is 200 g/mol. The second-order valence-electron chi connectivity index (χ2n) is 2.40. The fourth-order valence-electron chi connectivity index (χ4n) is 0.534. The van der Waals surface area contributed by atoms with Gasteiger partial charge >= 0.3 is 0 Å². The van der Waals surface area contributed by atoms with Gasteiger partial charge < -0.3 is 0 Å². The van der Waals surface area contributed by atoms with E-state index in [0.29, 0.717) is 6.42 Å². The predicted octanol–water partition coefficient (Wildman–Crippen LogP) is 3.06. The Labute approximate surface area is 88.3 Å². The van der Waals surface area contributed by atoms with E-state index in [9.17, 15) is 8.42 Å². The molecule has 0 aliphatic heterocycles. The van der Waals surface area contributed by atoms with Gasteiger partial charge in [-0.25, -0.2) is 0 Å². The van der Waals surface area contributed by atoms with E-state index in [-0.39, 0.29) is 5.75 Å². The van der Waals surface area contributed by atoms with Crippen LogP contribution in [0, 0.1) is 0 Å². The first-order valence-electron chi connectivity index (χ1n) is 4.50. The van der Waals surface area contributed by atoms with Crippen molar-refractivity contribution in [1.29, 1.82) is 0 Å². The topological polar surface area (TPSA) is 54.4 Å². The second kappa shape index (κ2) is 14.9. The van der Waals surface area contributed by atoms with Crippen molar-refractivity contribution < 1.29 is 13.0 Å². The minimum Gasteiger partial charge on any atom is -0.286 e. The molecule has 0 aromatic heterocycles. The van der Waals surface area contributed by atoms with Crippen LogP contribution in [0.3, 0.4) is 0 Å². The third kappa shape index (κ3) is 42.3. The van der Waals surface area contributed by atoms with Gasteiger partial charge in [-0.3, -0.25) is 4.55 Å². The average molecular weight is 222 g/mol. The number of hydrogen-bond donors (Lipinski definition) is 1. The van der Waals surface area contributed by atoms with Crippen molar-refractivity contribution in [3.8, 4) is 0 Å². The Morgan fingerprint density at radius 2 is 1.64 bits per heavy atom. The lowest BCUT2D eigenvalue weighted by molar-refractivity contribution is 0.480. The molecule has 0 rings (SSSR count). The molecule has 0 aromatic rings. The van der Waals surface area contributed by atoms with E-state index in [1.807, 2.05) is 13.8 Å². The van der Waals surface area contributed by atoms with Crippen LogP contribution in [-0.4, -0.2) is 18.7 Å². The smallest absolute Gasteiger partial charge is 0.264 e. The lowest BCUT2D eigenvalue weighted by Crippen LogP contribution is -2.02. The summed E-state index contributed by atoms with van der Waals surface area (Å²) in [7, 11) is -3.70. The Morgan fingerprint density at radius 3 is 1.86 bits per heavy atom. The van der Waals surface area contributed by atoms with Gasteiger partial charge in [0.25, 0.3) is 10.1 Å². The minimum atomic E-state index is -3.70. The van der Waals surface area contributed by atoms with Crippen molar-refractivity contribution in [1.82, 2.24) is 0 Å². The van der Waals surface area contributed by atoms with Crippen LogP contribution in [0.2, 0.25) is 0 Å². The Morgan fingerprint density at radius 1 is 1.29 bits per heavy atom. The standard InChI is InChI=1S/C5H12O3S.C3H6.C2H4/c1-2-3-4-5-9(6,7)8;1-3-2;1-2/h2-5H2,1H3,(H,6,7,8);3H,1H2,2H3;1-2H2. The molecule has 0 saturated carbocycles. The Bertz CT molecular complexity index is 195. The summed E-state index contributed by atoms with van der Waals surface area (Å²) >= 11 is 0. The van der Waals surface area contributed by atoms with Crippen molar-refractivity contribution in [2.75, 3.05) is 5.75 Å². The average Bonchev–Trinajstić information content (AvgIpc) is 2.08. The maximum Gasteiger partial charge on any atom is 0.264 e. The number of unbranched alkanes of at least 4 members (excludes halogenated alkanes) is 2. The summed E-state index contributed by atoms with van der Waals surface area (Å²) in [5.41, 5.74) is 0. The zero-order valence-corrected chi connectivity index (χ0v) is 10.0. The molecule has 0 unspecified atom stereocenters. The Hall–Kier alpha value is -0.610. The lowest BCUT2D eigenvalue weighted by Gasteiger charge is -1.92. The predicted molar refractivity (Wildman–Crippen MR) is 63.1 cm³/mol. The van der Waals surface area contributed by atoms with E-state index in [1.165, 1.54) is 0 Å². The van der Waals surface area contributed by atoms with Gasteiger partial charge in [-0.15, -0.1) is 19.7 Å². The highest BCUT2D eigenvalue weighted by atomic mass is 32.2. The second-order valence-corrected chi connectivity index (χ2v) is 3.97. The minimum absolute atomic E-state index is 0.0964. The van der Waals surface area contributed by atoms with Gasteiger partial charge in [-0.1, -0.05) is 25.8 Å². The number of rotatable bonds is 4. The van der Waals surface area contributed by atoms with Crippen molar-refractivity contribution in [3.05, 3.63) is 25.8 Å². The molecular formula is C10H22O3S. The number of allylic oxidation sites excluding steroid dienone is 1. The zero-order valence-electron chi connectivity index (χ0n) is 9.20. The lowest BCUT2D eigenvalue weighted by atomic mass is 10.3. The van der Waals surface area contributed by atoms with Gasteiger partial charge in [-0.2, -0.15) is 8.42 Å². The summed E-state index contributed by atoms with van der Waals surface area (Å²) in [6.07, 6.45) is 4.14.